The second-order valence-corrected chi connectivity index (χ2v) is 4.15. The third-order valence-corrected chi connectivity index (χ3v) is 3.17. The van der Waals surface area contributed by atoms with Gasteiger partial charge in [0.05, 0.1) is 23.1 Å². The molecular formula is C14H9ClO2. The number of hydrogen-bond donors (Lipinski definition) is 0. The van der Waals surface area contributed by atoms with Gasteiger partial charge in [-0.25, -0.2) is 0 Å². The van der Waals surface area contributed by atoms with Crippen molar-refractivity contribution in [1.29, 1.82) is 0 Å². The molecule has 3 rings (SSSR count). The van der Waals surface area contributed by atoms with Gasteiger partial charge in [0.15, 0.2) is 5.43 Å². The number of rotatable bonds is 1. The van der Waals surface area contributed by atoms with E-state index in [-0.39, 0.29) is 11.3 Å². The Kier molecular flexibility index (Phi) is 2.37. The summed E-state index contributed by atoms with van der Waals surface area (Å²) in [5, 5.41) is 2.59. The number of halogens is 1. The highest BCUT2D eigenvalue weighted by molar-refractivity contribution is 6.17. The van der Waals surface area contributed by atoms with E-state index in [0.29, 0.717) is 16.5 Å². The predicted octanol–water partition coefficient (Wildman–Crippen LogP) is 3.69. The maximum absolute atomic E-state index is 12.1. The molecule has 0 saturated carbocycles. The second kappa shape index (κ2) is 3.90. The van der Waals surface area contributed by atoms with Crippen LogP contribution in [0.5, 0.6) is 0 Å². The van der Waals surface area contributed by atoms with Crippen molar-refractivity contribution in [2.45, 2.75) is 5.88 Å². The van der Waals surface area contributed by atoms with Crippen LogP contribution < -0.4 is 5.43 Å². The molecular weight excluding hydrogens is 236 g/mol. The van der Waals surface area contributed by atoms with Crippen LogP contribution in [0.2, 0.25) is 0 Å². The van der Waals surface area contributed by atoms with Crippen LogP contribution in [0.3, 0.4) is 0 Å². The lowest BCUT2D eigenvalue weighted by atomic mass is 10.1. The van der Waals surface area contributed by atoms with Gasteiger partial charge in [0, 0.05) is 5.39 Å². The van der Waals surface area contributed by atoms with Gasteiger partial charge in [0.2, 0.25) is 0 Å². The van der Waals surface area contributed by atoms with Gasteiger partial charge in [-0.15, -0.1) is 11.6 Å². The third-order valence-electron chi connectivity index (χ3n) is 2.88. The fourth-order valence-corrected chi connectivity index (χ4v) is 2.18. The van der Waals surface area contributed by atoms with Crippen molar-refractivity contribution in [2.24, 2.45) is 0 Å². The number of hydrogen-bond acceptors (Lipinski definition) is 2. The largest absolute Gasteiger partial charge is 0.463 e. The van der Waals surface area contributed by atoms with E-state index in [0.717, 1.165) is 10.8 Å². The number of benzene rings is 2. The van der Waals surface area contributed by atoms with Crippen molar-refractivity contribution in [3.05, 3.63) is 58.4 Å². The van der Waals surface area contributed by atoms with Gasteiger partial charge >= 0.3 is 0 Å². The van der Waals surface area contributed by atoms with Gasteiger partial charge in [-0.05, 0) is 11.5 Å². The summed E-state index contributed by atoms with van der Waals surface area (Å²) >= 11 is 5.69. The summed E-state index contributed by atoms with van der Waals surface area (Å²) < 4.78 is 5.54. The first-order chi connectivity index (χ1) is 8.31. The molecule has 84 valence electrons. The molecule has 0 amide bonds. The van der Waals surface area contributed by atoms with E-state index in [2.05, 4.69) is 0 Å². The number of fused-ring (bicyclic) bond motifs is 3. The molecule has 2 nitrogen and oxygen atoms in total. The Bertz CT molecular complexity index is 759. The fraction of sp³-hybridized carbons (Fsp3) is 0.0714. The average Bonchev–Trinajstić information content (AvgIpc) is 2.39. The lowest BCUT2D eigenvalue weighted by Crippen LogP contribution is -2.06. The predicted molar refractivity (Wildman–Crippen MR) is 69.5 cm³/mol. The van der Waals surface area contributed by atoms with Crippen molar-refractivity contribution in [3.8, 4) is 0 Å². The monoisotopic (exact) mass is 244 g/mol. The van der Waals surface area contributed by atoms with E-state index in [1.165, 1.54) is 6.26 Å². The van der Waals surface area contributed by atoms with E-state index in [1.54, 1.807) is 6.07 Å². The fourth-order valence-electron chi connectivity index (χ4n) is 2.00. The molecule has 3 heteroatoms. The molecule has 2 aromatic carbocycles. The van der Waals surface area contributed by atoms with E-state index < -0.39 is 0 Å². The zero-order chi connectivity index (χ0) is 11.8. The van der Waals surface area contributed by atoms with Crippen LogP contribution in [0, 0.1) is 0 Å². The molecule has 0 bridgehead atoms. The van der Waals surface area contributed by atoms with Crippen LogP contribution in [0.1, 0.15) is 5.56 Å². The van der Waals surface area contributed by atoms with Crippen LogP contribution in [-0.4, -0.2) is 0 Å². The molecule has 0 N–H and O–H groups in total. The molecule has 0 aliphatic rings. The van der Waals surface area contributed by atoms with Crippen LogP contribution in [-0.2, 0) is 5.88 Å². The minimum atomic E-state index is -0.0491. The smallest absolute Gasteiger partial charge is 0.197 e. The maximum Gasteiger partial charge on any atom is 0.197 e. The highest BCUT2D eigenvalue weighted by atomic mass is 35.5. The highest BCUT2D eigenvalue weighted by Gasteiger charge is 2.08. The molecule has 3 aromatic rings. The first-order valence-electron chi connectivity index (χ1n) is 5.29. The lowest BCUT2D eigenvalue weighted by Gasteiger charge is -2.03. The molecule has 0 fully saturated rings. The van der Waals surface area contributed by atoms with Crippen LogP contribution >= 0.6 is 11.6 Å². The standard InChI is InChI=1S/C14H9ClO2/c15-7-10-8-17-14-11-4-2-1-3-9(11)5-6-12(14)13(10)16/h1-6,8H,7H2. The quantitative estimate of drug-likeness (QED) is 0.483. The van der Waals surface area contributed by atoms with Crippen molar-refractivity contribution in [2.75, 3.05) is 0 Å². The molecule has 0 unspecified atom stereocenters. The van der Waals surface area contributed by atoms with Crippen LogP contribution in [0.15, 0.2) is 51.9 Å². The lowest BCUT2D eigenvalue weighted by molar-refractivity contribution is 0.600. The van der Waals surface area contributed by atoms with Crippen molar-refractivity contribution >= 4 is 33.3 Å². The molecule has 0 atom stereocenters. The van der Waals surface area contributed by atoms with Crippen LogP contribution in [0.4, 0.5) is 0 Å². The first-order valence-corrected chi connectivity index (χ1v) is 5.83. The Balaban J connectivity index is 2.53. The summed E-state index contributed by atoms with van der Waals surface area (Å²) in [6, 6.07) is 11.5. The van der Waals surface area contributed by atoms with Crippen molar-refractivity contribution < 1.29 is 4.42 Å². The summed E-state index contributed by atoms with van der Waals surface area (Å²) in [5.41, 5.74) is 1.07. The van der Waals surface area contributed by atoms with Gasteiger partial charge in [-0.1, -0.05) is 30.3 Å². The zero-order valence-corrected chi connectivity index (χ0v) is 9.70. The molecule has 1 aromatic heterocycles. The topological polar surface area (TPSA) is 30.2 Å². The third kappa shape index (κ3) is 1.53. The van der Waals surface area contributed by atoms with Crippen molar-refractivity contribution in [3.63, 3.8) is 0 Å². The van der Waals surface area contributed by atoms with Gasteiger partial charge in [-0.3, -0.25) is 4.79 Å². The van der Waals surface area contributed by atoms with E-state index in [1.807, 2.05) is 30.3 Å². The van der Waals surface area contributed by atoms with Gasteiger partial charge in [0.25, 0.3) is 0 Å². The second-order valence-electron chi connectivity index (χ2n) is 3.89. The normalized spacial score (nSPS) is 11.1. The molecule has 1 heterocycles. The molecule has 0 saturated heterocycles. The summed E-state index contributed by atoms with van der Waals surface area (Å²) in [7, 11) is 0. The first kappa shape index (κ1) is 10.4. The minimum Gasteiger partial charge on any atom is -0.463 e. The molecule has 0 radical (unpaired) electrons. The van der Waals surface area contributed by atoms with Gasteiger partial charge < -0.3 is 4.42 Å². The Hall–Kier alpha value is -1.80. The average molecular weight is 245 g/mol. The molecule has 0 aliphatic heterocycles. The molecule has 17 heavy (non-hydrogen) atoms. The number of alkyl halides is 1. The van der Waals surface area contributed by atoms with E-state index in [4.69, 9.17) is 16.0 Å². The van der Waals surface area contributed by atoms with Gasteiger partial charge in [-0.2, -0.15) is 0 Å². The maximum atomic E-state index is 12.1. The Morgan fingerprint density at radius 1 is 1.06 bits per heavy atom. The summed E-state index contributed by atoms with van der Waals surface area (Å²) in [6.07, 6.45) is 1.45. The molecule has 0 spiro atoms. The SMILES string of the molecule is O=c1c(CCl)coc2c1ccc1ccccc12. The zero-order valence-electron chi connectivity index (χ0n) is 8.94. The van der Waals surface area contributed by atoms with Crippen molar-refractivity contribution in [1.82, 2.24) is 0 Å². The molecule has 0 aliphatic carbocycles. The van der Waals surface area contributed by atoms with E-state index >= 15 is 0 Å². The Labute approximate surface area is 102 Å². The van der Waals surface area contributed by atoms with Gasteiger partial charge in [0.1, 0.15) is 5.58 Å². The minimum absolute atomic E-state index is 0.0491. The summed E-state index contributed by atoms with van der Waals surface area (Å²) in [6.45, 7) is 0. The summed E-state index contributed by atoms with van der Waals surface area (Å²) in [5.74, 6) is 0.172. The Morgan fingerprint density at radius 2 is 1.88 bits per heavy atom. The summed E-state index contributed by atoms with van der Waals surface area (Å²) in [4.78, 5) is 12.1. The Morgan fingerprint density at radius 3 is 2.71 bits per heavy atom. The van der Waals surface area contributed by atoms with E-state index in [9.17, 15) is 4.79 Å². The highest BCUT2D eigenvalue weighted by Crippen LogP contribution is 2.23. The van der Waals surface area contributed by atoms with Crippen LogP contribution in [0.25, 0.3) is 21.7 Å².